The summed E-state index contributed by atoms with van der Waals surface area (Å²) in [5, 5.41) is 0. The zero-order chi connectivity index (χ0) is 14.7. The number of carbonyl (C=O) groups is 1. The van der Waals surface area contributed by atoms with Crippen LogP contribution in [0, 0.1) is 0 Å². The zero-order valence-electron chi connectivity index (χ0n) is 11.5. The molecule has 0 fully saturated rings. The molecule has 1 aromatic heterocycles. The van der Waals surface area contributed by atoms with Crippen LogP contribution in [-0.2, 0) is 24.3 Å². The molecule has 1 aromatic carbocycles. The molecule has 1 aliphatic heterocycles. The maximum Gasteiger partial charge on any atom is 0.410 e. The number of amides is 1. The van der Waals surface area contributed by atoms with Crippen LogP contribution in [0.5, 0.6) is 0 Å². The molecule has 0 N–H and O–H groups in total. The summed E-state index contributed by atoms with van der Waals surface area (Å²) in [4.78, 5) is 15.4. The van der Waals surface area contributed by atoms with E-state index in [2.05, 4.69) is 22.0 Å². The first-order valence-corrected chi connectivity index (χ1v) is 8.56. The highest BCUT2D eigenvalue weighted by molar-refractivity contribution is 9.11. The SMILES string of the molecule is O=C(OCc1ccccc1)N1CCCc2sc(Br)cc2C1. The van der Waals surface area contributed by atoms with Gasteiger partial charge in [-0.05, 0) is 46.0 Å². The number of benzene rings is 1. The number of hydrogen-bond donors (Lipinski definition) is 0. The second-order valence-corrected chi connectivity index (χ2v) is 7.58. The zero-order valence-corrected chi connectivity index (χ0v) is 14.0. The van der Waals surface area contributed by atoms with E-state index >= 15 is 0 Å². The quantitative estimate of drug-likeness (QED) is 0.778. The van der Waals surface area contributed by atoms with E-state index in [0.29, 0.717) is 13.2 Å². The Bertz CT molecular complexity index is 626. The Balaban J connectivity index is 1.62. The number of halogens is 1. The fraction of sp³-hybridized carbons (Fsp3) is 0.312. The molecule has 0 unspecified atom stereocenters. The molecule has 1 amide bonds. The lowest BCUT2D eigenvalue weighted by molar-refractivity contribution is 0.0942. The predicted molar refractivity (Wildman–Crippen MR) is 87.4 cm³/mol. The molecule has 0 spiro atoms. The molecule has 0 atom stereocenters. The van der Waals surface area contributed by atoms with Crippen molar-refractivity contribution in [3.05, 3.63) is 56.2 Å². The van der Waals surface area contributed by atoms with E-state index in [0.717, 1.165) is 28.7 Å². The molecule has 5 heteroatoms. The topological polar surface area (TPSA) is 29.5 Å². The average molecular weight is 366 g/mol. The summed E-state index contributed by atoms with van der Waals surface area (Å²) in [5.74, 6) is 0. The minimum atomic E-state index is -0.228. The van der Waals surface area contributed by atoms with Gasteiger partial charge >= 0.3 is 6.09 Å². The molecule has 2 heterocycles. The summed E-state index contributed by atoms with van der Waals surface area (Å²) in [5.41, 5.74) is 2.25. The van der Waals surface area contributed by atoms with Crippen molar-refractivity contribution in [2.75, 3.05) is 6.54 Å². The standard InChI is InChI=1S/C16H16BrNO2S/c17-15-9-13-10-18(8-4-7-14(13)21-15)16(19)20-11-12-5-2-1-3-6-12/h1-3,5-6,9H,4,7-8,10-11H2. The van der Waals surface area contributed by atoms with E-state index in [9.17, 15) is 4.79 Å². The van der Waals surface area contributed by atoms with Crippen molar-refractivity contribution in [3.8, 4) is 0 Å². The fourth-order valence-electron chi connectivity index (χ4n) is 2.46. The Morgan fingerprint density at radius 3 is 2.95 bits per heavy atom. The highest BCUT2D eigenvalue weighted by Crippen LogP contribution is 2.31. The number of hydrogen-bond acceptors (Lipinski definition) is 3. The highest BCUT2D eigenvalue weighted by Gasteiger charge is 2.21. The van der Waals surface area contributed by atoms with Gasteiger partial charge in [0, 0.05) is 11.4 Å². The summed E-state index contributed by atoms with van der Waals surface area (Å²) in [6, 6.07) is 11.9. The Labute approximate surface area is 136 Å². The van der Waals surface area contributed by atoms with Crippen LogP contribution >= 0.6 is 27.3 Å². The summed E-state index contributed by atoms with van der Waals surface area (Å²) in [7, 11) is 0. The van der Waals surface area contributed by atoms with Gasteiger partial charge in [-0.2, -0.15) is 0 Å². The second kappa shape index (κ2) is 6.62. The molecule has 110 valence electrons. The van der Waals surface area contributed by atoms with Gasteiger partial charge in [-0.25, -0.2) is 4.79 Å². The van der Waals surface area contributed by atoms with Crippen molar-refractivity contribution in [3.63, 3.8) is 0 Å². The molecule has 0 saturated heterocycles. The van der Waals surface area contributed by atoms with Crippen LogP contribution in [0.2, 0.25) is 0 Å². The average Bonchev–Trinajstić information content (AvgIpc) is 2.73. The molecule has 21 heavy (non-hydrogen) atoms. The number of rotatable bonds is 2. The van der Waals surface area contributed by atoms with Gasteiger partial charge in [0.1, 0.15) is 6.61 Å². The summed E-state index contributed by atoms with van der Waals surface area (Å²) in [6.45, 7) is 1.73. The largest absolute Gasteiger partial charge is 0.445 e. The summed E-state index contributed by atoms with van der Waals surface area (Å²) >= 11 is 5.29. The van der Waals surface area contributed by atoms with Gasteiger partial charge in [0.2, 0.25) is 0 Å². The molecule has 0 radical (unpaired) electrons. The highest BCUT2D eigenvalue weighted by atomic mass is 79.9. The molecular weight excluding hydrogens is 350 g/mol. The Hall–Kier alpha value is -1.33. The van der Waals surface area contributed by atoms with Crippen LogP contribution in [0.15, 0.2) is 40.2 Å². The number of ether oxygens (including phenoxy) is 1. The maximum absolute atomic E-state index is 12.2. The van der Waals surface area contributed by atoms with Crippen molar-refractivity contribution in [1.82, 2.24) is 4.90 Å². The van der Waals surface area contributed by atoms with Crippen LogP contribution < -0.4 is 0 Å². The molecule has 3 nitrogen and oxygen atoms in total. The normalized spacial score (nSPS) is 14.4. The van der Waals surface area contributed by atoms with Gasteiger partial charge in [-0.15, -0.1) is 11.3 Å². The van der Waals surface area contributed by atoms with Crippen LogP contribution in [0.1, 0.15) is 22.4 Å². The fourth-order valence-corrected chi connectivity index (χ4v) is 4.26. The first-order chi connectivity index (χ1) is 10.2. The van der Waals surface area contributed by atoms with Gasteiger partial charge in [-0.1, -0.05) is 30.3 Å². The van der Waals surface area contributed by atoms with Crippen molar-refractivity contribution in [1.29, 1.82) is 0 Å². The van der Waals surface area contributed by atoms with E-state index in [-0.39, 0.29) is 6.09 Å². The summed E-state index contributed by atoms with van der Waals surface area (Å²) < 4.78 is 6.56. The lowest BCUT2D eigenvalue weighted by atomic mass is 10.2. The van der Waals surface area contributed by atoms with Crippen LogP contribution in [0.25, 0.3) is 0 Å². The number of fused-ring (bicyclic) bond motifs is 1. The van der Waals surface area contributed by atoms with E-state index in [1.54, 1.807) is 16.2 Å². The van der Waals surface area contributed by atoms with Gasteiger partial charge in [0.15, 0.2) is 0 Å². The van der Waals surface area contributed by atoms with Crippen molar-refractivity contribution in [2.45, 2.75) is 26.0 Å². The third kappa shape index (κ3) is 3.66. The van der Waals surface area contributed by atoms with Crippen LogP contribution in [0.4, 0.5) is 4.79 Å². The van der Waals surface area contributed by atoms with Gasteiger partial charge in [-0.3, -0.25) is 0 Å². The minimum Gasteiger partial charge on any atom is -0.445 e. The Kier molecular flexibility index (Phi) is 4.60. The number of carbonyl (C=O) groups excluding carboxylic acids is 1. The van der Waals surface area contributed by atoms with E-state index in [1.165, 1.54) is 10.4 Å². The van der Waals surface area contributed by atoms with Crippen molar-refractivity contribution < 1.29 is 9.53 Å². The number of nitrogens with zero attached hydrogens (tertiary/aromatic N) is 1. The lowest BCUT2D eigenvalue weighted by Crippen LogP contribution is -2.31. The Morgan fingerprint density at radius 2 is 2.14 bits per heavy atom. The third-order valence-electron chi connectivity index (χ3n) is 3.52. The molecule has 0 bridgehead atoms. The van der Waals surface area contributed by atoms with Gasteiger partial charge in [0.25, 0.3) is 0 Å². The molecule has 0 saturated carbocycles. The molecule has 2 aromatic rings. The summed E-state index contributed by atoms with van der Waals surface area (Å²) in [6.07, 6.45) is 1.79. The smallest absolute Gasteiger partial charge is 0.410 e. The minimum absolute atomic E-state index is 0.228. The lowest BCUT2D eigenvalue weighted by Gasteiger charge is -2.20. The third-order valence-corrected chi connectivity index (χ3v) is 5.26. The van der Waals surface area contributed by atoms with Crippen LogP contribution in [-0.4, -0.2) is 17.5 Å². The van der Waals surface area contributed by atoms with E-state index in [1.807, 2.05) is 30.3 Å². The first-order valence-electron chi connectivity index (χ1n) is 6.95. The van der Waals surface area contributed by atoms with E-state index in [4.69, 9.17) is 4.74 Å². The van der Waals surface area contributed by atoms with Crippen LogP contribution in [0.3, 0.4) is 0 Å². The van der Waals surface area contributed by atoms with Gasteiger partial charge in [0.05, 0.1) is 10.3 Å². The number of thiophene rings is 1. The maximum atomic E-state index is 12.2. The molecule has 1 aliphatic rings. The molecular formula is C16H16BrNO2S. The predicted octanol–water partition coefficient (Wildman–Crippen LogP) is 4.60. The van der Waals surface area contributed by atoms with Crippen molar-refractivity contribution in [2.24, 2.45) is 0 Å². The second-order valence-electron chi connectivity index (χ2n) is 5.06. The van der Waals surface area contributed by atoms with E-state index < -0.39 is 0 Å². The van der Waals surface area contributed by atoms with Crippen molar-refractivity contribution >= 4 is 33.4 Å². The Morgan fingerprint density at radius 1 is 1.33 bits per heavy atom. The first kappa shape index (κ1) is 14.6. The monoisotopic (exact) mass is 365 g/mol. The molecule has 3 rings (SSSR count). The number of aryl methyl sites for hydroxylation is 1. The van der Waals surface area contributed by atoms with Gasteiger partial charge < -0.3 is 9.64 Å². The molecule has 0 aliphatic carbocycles.